The molecule has 3 heterocycles. The topological polar surface area (TPSA) is 31.9 Å². The Balaban J connectivity index is 1.90. The molecule has 2 bridgehead atoms. The Kier molecular flexibility index (Phi) is 2.47. The standard InChI is InChI=1S/C15H16ClN3/c1-19-8-9-5-6-13(19)11(7-9)14-10-3-2-4-12(16)15(10)18-17-14/h2-4,7,9,13H,5-6,8H2,1H3,(H,17,18). The van der Waals surface area contributed by atoms with E-state index in [1.807, 2.05) is 12.1 Å². The molecular formula is C15H16ClN3. The summed E-state index contributed by atoms with van der Waals surface area (Å²) in [6, 6.07) is 6.51. The quantitative estimate of drug-likeness (QED) is 0.864. The molecule has 2 aliphatic heterocycles. The van der Waals surface area contributed by atoms with E-state index in [9.17, 15) is 0 Å². The van der Waals surface area contributed by atoms with E-state index in [4.69, 9.17) is 11.6 Å². The van der Waals surface area contributed by atoms with E-state index in [1.54, 1.807) is 0 Å². The lowest BCUT2D eigenvalue weighted by Crippen LogP contribution is -2.44. The third-order valence-electron chi connectivity index (χ3n) is 4.46. The predicted octanol–water partition coefficient (Wildman–Crippen LogP) is 3.32. The van der Waals surface area contributed by atoms with Crippen LogP contribution in [0.4, 0.5) is 0 Å². The van der Waals surface area contributed by atoms with Crippen molar-refractivity contribution in [2.75, 3.05) is 13.6 Å². The van der Waals surface area contributed by atoms with Crippen molar-refractivity contribution < 1.29 is 0 Å². The van der Waals surface area contributed by atoms with Crippen LogP contribution in [0, 0.1) is 5.92 Å². The van der Waals surface area contributed by atoms with Crippen molar-refractivity contribution in [1.29, 1.82) is 0 Å². The number of nitrogens with one attached hydrogen (secondary N) is 1. The molecule has 0 radical (unpaired) electrons. The molecule has 2 unspecified atom stereocenters. The number of likely N-dealkylation sites (N-methyl/N-ethyl adjacent to an activating group) is 1. The lowest BCUT2D eigenvalue weighted by molar-refractivity contribution is 0.180. The molecule has 0 amide bonds. The summed E-state index contributed by atoms with van der Waals surface area (Å²) in [5.74, 6) is 0.683. The number of para-hydroxylation sites is 1. The van der Waals surface area contributed by atoms with Crippen LogP contribution < -0.4 is 0 Å². The fourth-order valence-corrected chi connectivity index (χ4v) is 3.76. The number of fused-ring (bicyclic) bond motifs is 3. The van der Waals surface area contributed by atoms with Gasteiger partial charge in [-0.1, -0.05) is 29.8 Å². The van der Waals surface area contributed by atoms with Crippen molar-refractivity contribution in [2.24, 2.45) is 5.92 Å². The van der Waals surface area contributed by atoms with Gasteiger partial charge in [0.25, 0.3) is 0 Å². The van der Waals surface area contributed by atoms with Crippen molar-refractivity contribution in [3.63, 3.8) is 0 Å². The molecule has 0 spiro atoms. The normalized spacial score (nSPS) is 26.9. The van der Waals surface area contributed by atoms with Crippen molar-refractivity contribution in [3.05, 3.63) is 35.0 Å². The Hall–Kier alpha value is -1.32. The van der Waals surface area contributed by atoms with Gasteiger partial charge in [-0.15, -0.1) is 0 Å². The van der Waals surface area contributed by atoms with Crippen LogP contribution in [-0.2, 0) is 0 Å². The number of rotatable bonds is 1. The van der Waals surface area contributed by atoms with Crippen molar-refractivity contribution in [3.8, 4) is 0 Å². The van der Waals surface area contributed by atoms with Gasteiger partial charge < -0.3 is 0 Å². The van der Waals surface area contributed by atoms with E-state index in [2.05, 4.69) is 34.3 Å². The van der Waals surface area contributed by atoms with Gasteiger partial charge >= 0.3 is 0 Å². The molecule has 0 saturated carbocycles. The van der Waals surface area contributed by atoms with Gasteiger partial charge in [-0.05, 0) is 37.4 Å². The summed E-state index contributed by atoms with van der Waals surface area (Å²) >= 11 is 6.20. The van der Waals surface area contributed by atoms with Gasteiger partial charge in [0.05, 0.1) is 10.7 Å². The Bertz CT molecular complexity index is 673. The summed E-state index contributed by atoms with van der Waals surface area (Å²) in [7, 11) is 2.22. The van der Waals surface area contributed by atoms with E-state index in [0.717, 1.165) is 21.6 Å². The lowest BCUT2D eigenvalue weighted by Gasteiger charge is -2.42. The number of aromatic amines is 1. The SMILES string of the molecule is CN1CC2C=C(c3[nH]nc4c(Cl)cccc34)C1CC2. The third-order valence-corrected chi connectivity index (χ3v) is 4.77. The smallest absolute Gasteiger partial charge is 0.111 e. The summed E-state index contributed by atoms with van der Waals surface area (Å²) in [4.78, 5) is 2.46. The molecule has 2 atom stereocenters. The number of aromatic nitrogens is 2. The lowest BCUT2D eigenvalue weighted by atomic mass is 9.79. The summed E-state index contributed by atoms with van der Waals surface area (Å²) in [5.41, 5.74) is 3.43. The van der Waals surface area contributed by atoms with Crippen molar-refractivity contribution in [1.82, 2.24) is 15.1 Å². The highest BCUT2D eigenvalue weighted by atomic mass is 35.5. The molecule has 19 heavy (non-hydrogen) atoms. The van der Waals surface area contributed by atoms with Gasteiger partial charge in [-0.2, -0.15) is 5.10 Å². The molecule has 3 nitrogen and oxygen atoms in total. The number of H-pyrrole nitrogens is 1. The van der Waals surface area contributed by atoms with Crippen LogP contribution in [0.25, 0.3) is 16.5 Å². The van der Waals surface area contributed by atoms with Gasteiger partial charge in [0.2, 0.25) is 0 Å². The monoisotopic (exact) mass is 273 g/mol. The number of halogens is 1. The van der Waals surface area contributed by atoms with E-state index >= 15 is 0 Å². The first kappa shape index (κ1) is 11.5. The molecule has 1 aliphatic carbocycles. The van der Waals surface area contributed by atoms with E-state index < -0.39 is 0 Å². The van der Waals surface area contributed by atoms with E-state index in [0.29, 0.717) is 12.0 Å². The van der Waals surface area contributed by atoms with Crippen molar-refractivity contribution in [2.45, 2.75) is 18.9 Å². The minimum atomic E-state index is 0.521. The van der Waals surface area contributed by atoms with Crippen LogP contribution in [0.3, 0.4) is 0 Å². The number of piperidine rings is 1. The second-order valence-corrected chi connectivity index (χ2v) is 6.06. The minimum Gasteiger partial charge on any atom is -0.299 e. The number of benzene rings is 1. The largest absolute Gasteiger partial charge is 0.299 e. The summed E-state index contributed by atoms with van der Waals surface area (Å²) < 4.78 is 0. The Morgan fingerprint density at radius 1 is 1.37 bits per heavy atom. The van der Waals surface area contributed by atoms with Gasteiger partial charge in [0.15, 0.2) is 0 Å². The average Bonchev–Trinajstić information content (AvgIpc) is 2.84. The molecule has 1 aromatic heterocycles. The molecule has 98 valence electrons. The highest BCUT2D eigenvalue weighted by Crippen LogP contribution is 2.40. The minimum absolute atomic E-state index is 0.521. The first-order chi connectivity index (χ1) is 9.24. The fourth-order valence-electron chi connectivity index (χ4n) is 3.55. The van der Waals surface area contributed by atoms with Crippen molar-refractivity contribution >= 4 is 28.1 Å². The maximum Gasteiger partial charge on any atom is 0.111 e. The molecule has 4 heteroatoms. The first-order valence-corrected chi connectivity index (χ1v) is 7.17. The number of hydrogen-bond donors (Lipinski definition) is 1. The van der Waals surface area contributed by atoms with Gasteiger partial charge in [-0.25, -0.2) is 0 Å². The fraction of sp³-hybridized carbons (Fsp3) is 0.400. The van der Waals surface area contributed by atoms with Gasteiger partial charge in [0, 0.05) is 18.0 Å². The number of nitrogens with zero attached hydrogens (tertiary/aromatic N) is 2. The zero-order valence-electron chi connectivity index (χ0n) is 10.9. The van der Waals surface area contributed by atoms with Crippen LogP contribution in [0.1, 0.15) is 18.5 Å². The molecule has 2 aromatic rings. The molecule has 1 N–H and O–H groups in total. The second kappa shape index (κ2) is 4.09. The van der Waals surface area contributed by atoms with Crippen LogP contribution in [0.15, 0.2) is 24.3 Å². The van der Waals surface area contributed by atoms with E-state index in [1.165, 1.54) is 25.0 Å². The zero-order chi connectivity index (χ0) is 13.0. The highest BCUT2D eigenvalue weighted by molar-refractivity contribution is 6.35. The summed E-state index contributed by atoms with van der Waals surface area (Å²) in [6.45, 7) is 1.18. The Morgan fingerprint density at radius 3 is 3.05 bits per heavy atom. The zero-order valence-corrected chi connectivity index (χ0v) is 11.6. The Morgan fingerprint density at radius 2 is 2.26 bits per heavy atom. The molecule has 1 saturated heterocycles. The van der Waals surface area contributed by atoms with Crippen LogP contribution in [-0.4, -0.2) is 34.7 Å². The average molecular weight is 274 g/mol. The van der Waals surface area contributed by atoms with Crippen LogP contribution >= 0.6 is 11.6 Å². The van der Waals surface area contributed by atoms with Crippen LogP contribution in [0.5, 0.6) is 0 Å². The predicted molar refractivity (Wildman–Crippen MR) is 78.2 cm³/mol. The van der Waals surface area contributed by atoms with E-state index in [-0.39, 0.29) is 0 Å². The third kappa shape index (κ3) is 1.65. The number of hydrogen-bond acceptors (Lipinski definition) is 2. The molecule has 3 aliphatic rings. The second-order valence-electron chi connectivity index (χ2n) is 5.65. The maximum atomic E-state index is 6.20. The van der Waals surface area contributed by atoms with Gasteiger partial charge in [-0.3, -0.25) is 10.00 Å². The Labute approximate surface area is 117 Å². The maximum absolute atomic E-state index is 6.20. The first-order valence-electron chi connectivity index (χ1n) is 6.79. The highest BCUT2D eigenvalue weighted by Gasteiger charge is 2.34. The van der Waals surface area contributed by atoms with Crippen LogP contribution in [0.2, 0.25) is 5.02 Å². The molecule has 5 rings (SSSR count). The summed E-state index contributed by atoms with van der Waals surface area (Å²) in [6.07, 6.45) is 4.99. The molecular weight excluding hydrogens is 258 g/mol. The summed E-state index contributed by atoms with van der Waals surface area (Å²) in [5, 5.41) is 9.44. The molecule has 1 aromatic carbocycles. The molecule has 1 fully saturated rings. The van der Waals surface area contributed by atoms with Gasteiger partial charge in [0.1, 0.15) is 5.52 Å².